The molecule has 0 aliphatic rings. The van der Waals surface area contributed by atoms with Gasteiger partial charge in [-0.2, -0.15) is 9.59 Å². The number of aryl methyl sites for hydroxylation is 1. The molecule has 1 aromatic rings. The molecule has 1 aromatic carbocycles. The first-order valence-corrected chi connectivity index (χ1v) is 5.57. The fourth-order valence-corrected chi connectivity index (χ4v) is 1.57. The summed E-state index contributed by atoms with van der Waals surface area (Å²) in [7, 11) is -3.03. The lowest BCUT2D eigenvalue weighted by atomic mass is 10.2. The van der Waals surface area contributed by atoms with Gasteiger partial charge in [-0.1, -0.05) is 12.1 Å². The standard InChI is InChI=1S/C8H10O2S.CO2/c1-7-4-3-5-8(6-7)11(2,9)10;2-1-3/h3-6H,1-2H3;. The molecule has 76 valence electrons. The minimum Gasteiger partial charge on any atom is -0.224 e. The van der Waals surface area contributed by atoms with Crippen molar-refractivity contribution in [2.75, 3.05) is 6.26 Å². The topological polar surface area (TPSA) is 68.3 Å². The van der Waals surface area contributed by atoms with E-state index in [1.165, 1.54) is 6.26 Å². The Morgan fingerprint density at radius 2 is 1.71 bits per heavy atom. The van der Waals surface area contributed by atoms with Crippen LogP contribution in [0.5, 0.6) is 0 Å². The predicted octanol–water partition coefficient (Wildman–Crippen LogP) is 0.815. The highest BCUT2D eigenvalue weighted by Crippen LogP contribution is 2.09. The number of hydrogen-bond acceptors (Lipinski definition) is 4. The zero-order valence-corrected chi connectivity index (χ0v) is 8.67. The van der Waals surface area contributed by atoms with Crippen molar-refractivity contribution in [2.24, 2.45) is 0 Å². The van der Waals surface area contributed by atoms with Gasteiger partial charge in [-0.15, -0.1) is 0 Å². The van der Waals surface area contributed by atoms with Crippen LogP contribution in [0.2, 0.25) is 0 Å². The summed E-state index contributed by atoms with van der Waals surface area (Å²) in [5, 5.41) is 0. The van der Waals surface area contributed by atoms with E-state index in [0.29, 0.717) is 4.90 Å². The molecule has 5 heteroatoms. The molecule has 0 unspecified atom stereocenters. The fraction of sp³-hybridized carbons (Fsp3) is 0.222. The molecule has 0 N–H and O–H groups in total. The third-order valence-electron chi connectivity index (χ3n) is 1.42. The van der Waals surface area contributed by atoms with E-state index in [1.807, 2.05) is 13.0 Å². The molecular weight excluding hydrogens is 204 g/mol. The molecule has 0 heterocycles. The van der Waals surface area contributed by atoms with E-state index in [0.717, 1.165) is 5.56 Å². The average molecular weight is 214 g/mol. The first kappa shape index (κ1) is 12.6. The van der Waals surface area contributed by atoms with Crippen molar-refractivity contribution in [3.63, 3.8) is 0 Å². The summed E-state index contributed by atoms with van der Waals surface area (Å²) in [4.78, 5) is 16.6. The monoisotopic (exact) mass is 214 g/mol. The van der Waals surface area contributed by atoms with E-state index >= 15 is 0 Å². The Balaban J connectivity index is 0.000000500. The molecule has 0 fully saturated rings. The van der Waals surface area contributed by atoms with Crippen molar-refractivity contribution >= 4 is 16.0 Å². The van der Waals surface area contributed by atoms with Crippen LogP contribution >= 0.6 is 0 Å². The van der Waals surface area contributed by atoms with Gasteiger partial charge in [-0.05, 0) is 24.6 Å². The van der Waals surface area contributed by atoms with Crippen molar-refractivity contribution in [3.05, 3.63) is 29.8 Å². The van der Waals surface area contributed by atoms with Gasteiger partial charge < -0.3 is 0 Å². The van der Waals surface area contributed by atoms with Crippen LogP contribution in [0, 0.1) is 6.92 Å². The summed E-state index contributed by atoms with van der Waals surface area (Å²) in [5.74, 6) is 0. The number of hydrogen-bond donors (Lipinski definition) is 0. The molecule has 0 bridgehead atoms. The molecule has 1 rings (SSSR count). The Kier molecular flexibility index (Phi) is 4.77. The zero-order valence-electron chi connectivity index (χ0n) is 7.85. The number of benzene rings is 1. The largest absolute Gasteiger partial charge is 0.373 e. The van der Waals surface area contributed by atoms with Crippen LogP contribution in [-0.2, 0) is 19.4 Å². The van der Waals surface area contributed by atoms with E-state index in [-0.39, 0.29) is 6.15 Å². The van der Waals surface area contributed by atoms with Crippen LogP contribution in [0.25, 0.3) is 0 Å². The Bertz CT molecular complexity index is 428. The van der Waals surface area contributed by atoms with Gasteiger partial charge in [0.05, 0.1) is 4.90 Å². The quantitative estimate of drug-likeness (QED) is 0.693. The average Bonchev–Trinajstić information content (AvgIpc) is 2.04. The third kappa shape index (κ3) is 4.54. The predicted molar refractivity (Wildman–Crippen MR) is 49.3 cm³/mol. The second-order valence-electron chi connectivity index (χ2n) is 2.67. The third-order valence-corrected chi connectivity index (χ3v) is 2.53. The maximum Gasteiger partial charge on any atom is 0.373 e. The Morgan fingerprint density at radius 3 is 2.00 bits per heavy atom. The lowest BCUT2D eigenvalue weighted by Crippen LogP contribution is -1.96. The second-order valence-corrected chi connectivity index (χ2v) is 4.69. The molecule has 0 amide bonds. The van der Waals surface area contributed by atoms with E-state index in [2.05, 4.69) is 0 Å². The van der Waals surface area contributed by atoms with Crippen LogP contribution in [-0.4, -0.2) is 20.8 Å². The Labute approximate surface area is 82.5 Å². The van der Waals surface area contributed by atoms with Gasteiger partial charge in [-0.25, -0.2) is 8.42 Å². The normalized spacial score (nSPS) is 9.57. The molecule has 0 aliphatic heterocycles. The summed E-state index contributed by atoms with van der Waals surface area (Å²) in [6.45, 7) is 1.87. The van der Waals surface area contributed by atoms with Crippen molar-refractivity contribution in [2.45, 2.75) is 11.8 Å². The number of sulfone groups is 1. The van der Waals surface area contributed by atoms with Gasteiger partial charge in [0, 0.05) is 6.26 Å². The molecular formula is C9H10O4S. The summed E-state index contributed by atoms with van der Waals surface area (Å²) < 4.78 is 22.0. The maximum atomic E-state index is 11.0. The highest BCUT2D eigenvalue weighted by molar-refractivity contribution is 7.90. The van der Waals surface area contributed by atoms with Crippen molar-refractivity contribution < 1.29 is 18.0 Å². The van der Waals surface area contributed by atoms with Gasteiger partial charge in [0.1, 0.15) is 0 Å². The molecule has 0 spiro atoms. The maximum absolute atomic E-state index is 11.0. The van der Waals surface area contributed by atoms with Crippen molar-refractivity contribution in [3.8, 4) is 0 Å². The van der Waals surface area contributed by atoms with Crippen molar-refractivity contribution in [1.82, 2.24) is 0 Å². The van der Waals surface area contributed by atoms with Crippen LogP contribution in [0.3, 0.4) is 0 Å². The SMILES string of the molecule is Cc1cccc(S(C)(=O)=O)c1.O=C=O. The first-order valence-electron chi connectivity index (χ1n) is 3.68. The van der Waals surface area contributed by atoms with Crippen LogP contribution in [0.4, 0.5) is 0 Å². The molecule has 0 saturated heterocycles. The summed E-state index contributed by atoms with van der Waals surface area (Å²) in [6.07, 6.45) is 1.46. The Hall–Kier alpha value is -1.45. The van der Waals surface area contributed by atoms with Crippen LogP contribution < -0.4 is 0 Å². The molecule has 14 heavy (non-hydrogen) atoms. The molecule has 0 saturated carbocycles. The zero-order chi connectivity index (χ0) is 11.2. The molecule has 0 radical (unpaired) electrons. The van der Waals surface area contributed by atoms with E-state index in [9.17, 15) is 8.42 Å². The van der Waals surface area contributed by atoms with E-state index in [4.69, 9.17) is 9.59 Å². The van der Waals surface area contributed by atoms with Gasteiger partial charge in [0.2, 0.25) is 0 Å². The summed E-state index contributed by atoms with van der Waals surface area (Å²) >= 11 is 0. The van der Waals surface area contributed by atoms with Gasteiger partial charge in [0.15, 0.2) is 9.84 Å². The lowest BCUT2D eigenvalue weighted by Gasteiger charge is -1.97. The van der Waals surface area contributed by atoms with Gasteiger partial charge >= 0.3 is 6.15 Å². The van der Waals surface area contributed by atoms with E-state index < -0.39 is 9.84 Å². The van der Waals surface area contributed by atoms with E-state index in [1.54, 1.807) is 18.2 Å². The minimum atomic E-state index is -3.03. The smallest absolute Gasteiger partial charge is 0.224 e. The molecule has 0 atom stereocenters. The second kappa shape index (κ2) is 5.32. The van der Waals surface area contributed by atoms with Gasteiger partial charge in [-0.3, -0.25) is 0 Å². The van der Waals surface area contributed by atoms with Crippen molar-refractivity contribution in [1.29, 1.82) is 0 Å². The highest BCUT2D eigenvalue weighted by atomic mass is 32.2. The van der Waals surface area contributed by atoms with Gasteiger partial charge in [0.25, 0.3) is 0 Å². The van der Waals surface area contributed by atoms with Crippen LogP contribution in [0.1, 0.15) is 5.56 Å². The van der Waals surface area contributed by atoms with Crippen LogP contribution in [0.15, 0.2) is 29.2 Å². The minimum absolute atomic E-state index is 0.250. The fourth-order valence-electron chi connectivity index (χ4n) is 0.846. The molecule has 4 nitrogen and oxygen atoms in total. The number of carbonyl (C=O) groups excluding carboxylic acids is 2. The summed E-state index contributed by atoms with van der Waals surface area (Å²) in [6, 6.07) is 6.87. The first-order chi connectivity index (χ1) is 6.41. The number of rotatable bonds is 1. The summed E-state index contributed by atoms with van der Waals surface area (Å²) in [5.41, 5.74) is 0.966. The molecule has 0 aliphatic carbocycles. The highest BCUT2D eigenvalue weighted by Gasteiger charge is 2.04. The lowest BCUT2D eigenvalue weighted by molar-refractivity contribution is -0.191. The molecule has 0 aromatic heterocycles. The Morgan fingerprint density at radius 1 is 1.21 bits per heavy atom.